The van der Waals surface area contributed by atoms with Crippen molar-refractivity contribution < 1.29 is 0 Å². The van der Waals surface area contributed by atoms with Gasteiger partial charge in [-0.1, -0.05) is 6.92 Å². The van der Waals surface area contributed by atoms with Gasteiger partial charge in [-0.15, -0.1) is 0 Å². The molecule has 2 aliphatic heterocycles. The first-order valence-corrected chi connectivity index (χ1v) is 7.45. The van der Waals surface area contributed by atoms with Gasteiger partial charge in [0.05, 0.1) is 0 Å². The average molecular weight is 228 g/mol. The van der Waals surface area contributed by atoms with Gasteiger partial charge in [0.15, 0.2) is 0 Å². The van der Waals surface area contributed by atoms with E-state index in [1.165, 1.54) is 63.5 Å². The van der Waals surface area contributed by atoms with Gasteiger partial charge in [0.1, 0.15) is 0 Å². The third kappa shape index (κ3) is 3.65. The van der Waals surface area contributed by atoms with Gasteiger partial charge < -0.3 is 10.2 Å². The van der Waals surface area contributed by atoms with Crippen LogP contribution in [0.4, 0.5) is 0 Å². The molecule has 0 amide bonds. The number of rotatable bonds is 2. The van der Waals surface area contributed by atoms with Gasteiger partial charge in [0, 0.05) is 25.4 Å². The van der Waals surface area contributed by atoms with Crippen LogP contribution in [0.5, 0.6) is 0 Å². The fourth-order valence-corrected chi connectivity index (χ4v) is 3.67. The van der Waals surface area contributed by atoms with Crippen molar-refractivity contribution >= 4 is 11.8 Å². The number of nitrogens with one attached hydrogen (secondary N) is 1. The van der Waals surface area contributed by atoms with Gasteiger partial charge in [0.25, 0.3) is 0 Å². The molecular weight excluding hydrogens is 204 g/mol. The zero-order valence-electron chi connectivity index (χ0n) is 9.93. The van der Waals surface area contributed by atoms with E-state index in [0.717, 1.165) is 0 Å². The molecule has 2 heterocycles. The van der Waals surface area contributed by atoms with Crippen molar-refractivity contribution in [2.24, 2.45) is 5.41 Å². The zero-order valence-corrected chi connectivity index (χ0v) is 10.7. The van der Waals surface area contributed by atoms with Gasteiger partial charge in [-0.2, -0.15) is 11.8 Å². The Morgan fingerprint density at radius 1 is 1.27 bits per heavy atom. The van der Waals surface area contributed by atoms with Crippen LogP contribution in [0, 0.1) is 5.41 Å². The van der Waals surface area contributed by atoms with E-state index in [4.69, 9.17) is 0 Å². The van der Waals surface area contributed by atoms with E-state index in [0.29, 0.717) is 5.41 Å². The van der Waals surface area contributed by atoms with Crippen molar-refractivity contribution in [1.82, 2.24) is 10.2 Å². The number of piperidine rings is 1. The second-order valence-corrected chi connectivity index (χ2v) is 6.56. The molecule has 2 rings (SSSR count). The Morgan fingerprint density at radius 3 is 3.00 bits per heavy atom. The fraction of sp³-hybridized carbons (Fsp3) is 1.00. The molecule has 3 heteroatoms. The molecule has 15 heavy (non-hydrogen) atoms. The minimum Gasteiger partial charge on any atom is -0.316 e. The Hall–Kier alpha value is 0.270. The first-order chi connectivity index (χ1) is 7.29. The van der Waals surface area contributed by atoms with Gasteiger partial charge in [-0.25, -0.2) is 0 Å². The van der Waals surface area contributed by atoms with Gasteiger partial charge in [0.2, 0.25) is 0 Å². The number of thioether (sulfide) groups is 1. The summed E-state index contributed by atoms with van der Waals surface area (Å²) in [5.41, 5.74) is 0.535. The van der Waals surface area contributed by atoms with Crippen LogP contribution in [-0.4, -0.2) is 49.1 Å². The van der Waals surface area contributed by atoms with E-state index in [9.17, 15) is 0 Å². The van der Waals surface area contributed by atoms with Crippen LogP contribution in [-0.2, 0) is 0 Å². The van der Waals surface area contributed by atoms with Crippen LogP contribution in [0.3, 0.4) is 0 Å². The van der Waals surface area contributed by atoms with E-state index in [2.05, 4.69) is 28.9 Å². The SMILES string of the molecule is CC1(CN2CCCSCC2)CCCNC1. The molecule has 2 aliphatic rings. The Bertz CT molecular complexity index is 182. The van der Waals surface area contributed by atoms with Gasteiger partial charge >= 0.3 is 0 Å². The van der Waals surface area contributed by atoms with Crippen molar-refractivity contribution in [3.8, 4) is 0 Å². The van der Waals surface area contributed by atoms with E-state index in [1.54, 1.807) is 0 Å². The van der Waals surface area contributed by atoms with Crippen molar-refractivity contribution in [3.63, 3.8) is 0 Å². The highest BCUT2D eigenvalue weighted by Crippen LogP contribution is 2.27. The smallest absolute Gasteiger partial charge is 0.00726 e. The molecule has 0 aromatic heterocycles. The lowest BCUT2D eigenvalue weighted by molar-refractivity contribution is 0.139. The highest BCUT2D eigenvalue weighted by atomic mass is 32.2. The summed E-state index contributed by atoms with van der Waals surface area (Å²) in [5, 5.41) is 3.55. The summed E-state index contributed by atoms with van der Waals surface area (Å²) in [6.07, 6.45) is 4.15. The molecule has 0 aliphatic carbocycles. The average Bonchev–Trinajstić information content (AvgIpc) is 2.47. The van der Waals surface area contributed by atoms with E-state index in [1.807, 2.05) is 0 Å². The third-order valence-corrected chi connectivity index (χ3v) is 4.65. The standard InChI is InChI=1S/C12H24N2S/c1-12(4-2-5-13-10-12)11-14-6-3-8-15-9-7-14/h13H,2-11H2,1H3. The number of hydrogen-bond donors (Lipinski definition) is 1. The first-order valence-electron chi connectivity index (χ1n) is 6.29. The summed E-state index contributed by atoms with van der Waals surface area (Å²) in [5.74, 6) is 2.70. The van der Waals surface area contributed by atoms with Crippen molar-refractivity contribution in [3.05, 3.63) is 0 Å². The molecule has 2 saturated heterocycles. The molecule has 0 saturated carbocycles. The molecule has 0 aromatic rings. The van der Waals surface area contributed by atoms with Crippen LogP contribution in [0.15, 0.2) is 0 Å². The second kappa shape index (κ2) is 5.55. The molecule has 1 unspecified atom stereocenters. The molecule has 1 atom stereocenters. The summed E-state index contributed by atoms with van der Waals surface area (Å²) in [4.78, 5) is 2.69. The van der Waals surface area contributed by atoms with E-state index in [-0.39, 0.29) is 0 Å². The normalized spacial score (nSPS) is 35.0. The zero-order chi connectivity index (χ0) is 10.6. The maximum atomic E-state index is 3.55. The van der Waals surface area contributed by atoms with Crippen LogP contribution in [0.2, 0.25) is 0 Å². The monoisotopic (exact) mass is 228 g/mol. The Morgan fingerprint density at radius 2 is 2.20 bits per heavy atom. The van der Waals surface area contributed by atoms with Crippen molar-refractivity contribution in [2.45, 2.75) is 26.2 Å². The van der Waals surface area contributed by atoms with Crippen LogP contribution in [0.1, 0.15) is 26.2 Å². The molecule has 1 N–H and O–H groups in total. The third-order valence-electron chi connectivity index (χ3n) is 3.61. The lowest BCUT2D eigenvalue weighted by Crippen LogP contribution is -2.46. The Balaban J connectivity index is 1.82. The fourth-order valence-electron chi connectivity index (χ4n) is 2.75. The highest BCUT2D eigenvalue weighted by molar-refractivity contribution is 7.99. The Kier molecular flexibility index (Phi) is 4.35. The lowest BCUT2D eigenvalue weighted by Gasteiger charge is -2.38. The van der Waals surface area contributed by atoms with Crippen molar-refractivity contribution in [2.75, 3.05) is 44.2 Å². The molecule has 0 radical (unpaired) electrons. The maximum absolute atomic E-state index is 3.55. The maximum Gasteiger partial charge on any atom is 0.00726 e. The summed E-state index contributed by atoms with van der Waals surface area (Å²) in [6.45, 7) is 8.84. The van der Waals surface area contributed by atoms with Crippen molar-refractivity contribution in [1.29, 1.82) is 0 Å². The minimum atomic E-state index is 0.535. The largest absolute Gasteiger partial charge is 0.316 e. The van der Waals surface area contributed by atoms with E-state index >= 15 is 0 Å². The molecular formula is C12H24N2S. The number of nitrogens with zero attached hydrogens (tertiary/aromatic N) is 1. The summed E-state index contributed by atoms with van der Waals surface area (Å²) in [6, 6.07) is 0. The molecule has 0 aromatic carbocycles. The topological polar surface area (TPSA) is 15.3 Å². The second-order valence-electron chi connectivity index (χ2n) is 5.33. The lowest BCUT2D eigenvalue weighted by atomic mass is 9.82. The molecule has 88 valence electrons. The first kappa shape index (κ1) is 11.7. The quantitative estimate of drug-likeness (QED) is 0.776. The minimum absolute atomic E-state index is 0.535. The molecule has 2 fully saturated rings. The molecule has 2 nitrogen and oxygen atoms in total. The van der Waals surface area contributed by atoms with Crippen LogP contribution < -0.4 is 5.32 Å². The Labute approximate surface area is 98.2 Å². The highest BCUT2D eigenvalue weighted by Gasteiger charge is 2.29. The van der Waals surface area contributed by atoms with Gasteiger partial charge in [-0.05, 0) is 43.5 Å². The molecule has 0 bridgehead atoms. The van der Waals surface area contributed by atoms with Crippen LogP contribution in [0.25, 0.3) is 0 Å². The predicted molar refractivity (Wildman–Crippen MR) is 68.6 cm³/mol. The summed E-state index contributed by atoms with van der Waals surface area (Å²) >= 11 is 2.12. The summed E-state index contributed by atoms with van der Waals surface area (Å²) < 4.78 is 0. The predicted octanol–water partition coefficient (Wildman–Crippen LogP) is 1.81. The molecule has 0 spiro atoms. The van der Waals surface area contributed by atoms with Crippen LogP contribution >= 0.6 is 11.8 Å². The number of hydrogen-bond acceptors (Lipinski definition) is 3. The van der Waals surface area contributed by atoms with Gasteiger partial charge in [-0.3, -0.25) is 0 Å². The summed E-state index contributed by atoms with van der Waals surface area (Å²) in [7, 11) is 0. The van der Waals surface area contributed by atoms with E-state index < -0.39 is 0 Å².